The molecule has 0 spiro atoms. The van der Waals surface area contributed by atoms with Crippen LogP contribution >= 0.6 is 0 Å². The van der Waals surface area contributed by atoms with Gasteiger partial charge in [-0.2, -0.15) is 0 Å². The quantitative estimate of drug-likeness (QED) is 0.668. The Bertz CT molecular complexity index is 819. The van der Waals surface area contributed by atoms with Crippen LogP contribution in [0.4, 0.5) is 4.39 Å². The van der Waals surface area contributed by atoms with Crippen molar-refractivity contribution in [2.75, 3.05) is 7.11 Å². The number of halogens is 1. The monoisotopic (exact) mass is 270 g/mol. The first-order valence-corrected chi connectivity index (χ1v) is 6.06. The van der Waals surface area contributed by atoms with E-state index in [0.717, 1.165) is 10.9 Å². The number of benzene rings is 2. The molecule has 0 aliphatic rings. The minimum absolute atomic E-state index is 0.325. The van der Waals surface area contributed by atoms with Crippen molar-refractivity contribution in [3.63, 3.8) is 0 Å². The predicted octanol–water partition coefficient (Wildman–Crippen LogP) is 3.61. The Morgan fingerprint density at radius 3 is 2.40 bits per heavy atom. The molecule has 0 saturated heterocycles. The van der Waals surface area contributed by atoms with Gasteiger partial charge < -0.3 is 9.15 Å². The van der Waals surface area contributed by atoms with Crippen LogP contribution in [-0.2, 0) is 0 Å². The molecule has 20 heavy (non-hydrogen) atoms. The molecular weight excluding hydrogens is 259 g/mol. The van der Waals surface area contributed by atoms with E-state index in [0.29, 0.717) is 16.9 Å². The molecule has 0 fully saturated rings. The Morgan fingerprint density at radius 1 is 1.00 bits per heavy atom. The fraction of sp³-hybridized carbons (Fsp3) is 0.0625. The first-order chi connectivity index (χ1) is 9.69. The highest BCUT2D eigenvalue weighted by Crippen LogP contribution is 2.36. The normalized spacial score (nSPS) is 10.7. The van der Waals surface area contributed by atoms with Gasteiger partial charge in [-0.3, -0.25) is 0 Å². The van der Waals surface area contributed by atoms with Crippen molar-refractivity contribution in [1.82, 2.24) is 0 Å². The summed E-state index contributed by atoms with van der Waals surface area (Å²) in [6, 6.07) is 12.6. The van der Waals surface area contributed by atoms with Crippen LogP contribution in [0.25, 0.3) is 22.1 Å². The van der Waals surface area contributed by atoms with E-state index in [1.807, 2.05) is 6.07 Å². The Morgan fingerprint density at radius 2 is 1.70 bits per heavy atom. The highest BCUT2D eigenvalue weighted by atomic mass is 19.1. The molecule has 1 aromatic heterocycles. The summed E-state index contributed by atoms with van der Waals surface area (Å²) in [5.74, 6) is 0.243. The van der Waals surface area contributed by atoms with Gasteiger partial charge in [0, 0.05) is 11.5 Å². The van der Waals surface area contributed by atoms with Crippen molar-refractivity contribution in [1.29, 1.82) is 0 Å². The summed E-state index contributed by atoms with van der Waals surface area (Å²) >= 11 is 0. The second-order valence-electron chi connectivity index (χ2n) is 4.32. The van der Waals surface area contributed by atoms with Gasteiger partial charge in [0.1, 0.15) is 17.1 Å². The molecule has 1 heterocycles. The molecule has 0 aliphatic carbocycles. The molecule has 0 atom stereocenters. The van der Waals surface area contributed by atoms with E-state index in [-0.39, 0.29) is 5.82 Å². The minimum Gasteiger partial charge on any atom is -0.496 e. The third-order valence-electron chi connectivity index (χ3n) is 3.10. The van der Waals surface area contributed by atoms with E-state index in [4.69, 9.17) is 9.15 Å². The number of ether oxygens (including phenoxy) is 1. The first-order valence-electron chi connectivity index (χ1n) is 6.06. The van der Waals surface area contributed by atoms with Crippen molar-refractivity contribution in [3.05, 3.63) is 64.8 Å². The Balaban J connectivity index is 2.38. The number of hydrogen-bond acceptors (Lipinski definition) is 3. The summed E-state index contributed by atoms with van der Waals surface area (Å²) in [7, 11) is 1.54. The van der Waals surface area contributed by atoms with E-state index in [9.17, 15) is 9.18 Å². The van der Waals surface area contributed by atoms with Crippen molar-refractivity contribution < 1.29 is 13.5 Å². The van der Waals surface area contributed by atoms with Gasteiger partial charge in [0.15, 0.2) is 0 Å². The van der Waals surface area contributed by atoms with Crippen LogP contribution in [0.1, 0.15) is 0 Å². The molecule has 100 valence electrons. The summed E-state index contributed by atoms with van der Waals surface area (Å²) in [5.41, 5.74) is 1.36. The topological polar surface area (TPSA) is 39.4 Å². The summed E-state index contributed by atoms with van der Waals surface area (Å²) in [6.07, 6.45) is 0. The van der Waals surface area contributed by atoms with Gasteiger partial charge >= 0.3 is 5.63 Å². The summed E-state index contributed by atoms with van der Waals surface area (Å²) in [6.45, 7) is 0. The van der Waals surface area contributed by atoms with Gasteiger partial charge in [-0.05, 0) is 35.9 Å². The molecule has 0 unspecified atom stereocenters. The highest BCUT2D eigenvalue weighted by molar-refractivity contribution is 5.95. The number of methoxy groups -OCH3 is 1. The Hall–Kier alpha value is -2.62. The van der Waals surface area contributed by atoms with Crippen LogP contribution < -0.4 is 10.4 Å². The molecule has 2 aromatic carbocycles. The lowest BCUT2D eigenvalue weighted by atomic mass is 10.0. The third kappa shape index (κ3) is 2.05. The lowest BCUT2D eigenvalue weighted by Crippen LogP contribution is -1.97. The van der Waals surface area contributed by atoms with E-state index in [2.05, 4.69) is 0 Å². The summed E-state index contributed by atoms with van der Waals surface area (Å²) in [5, 5.41) is 0.782. The maximum Gasteiger partial charge on any atom is 0.336 e. The van der Waals surface area contributed by atoms with E-state index in [1.165, 1.54) is 25.3 Å². The average Bonchev–Trinajstić information content (AvgIpc) is 2.47. The van der Waals surface area contributed by atoms with Crippen molar-refractivity contribution in [2.24, 2.45) is 0 Å². The Kier molecular flexibility index (Phi) is 2.99. The molecule has 0 bridgehead atoms. The van der Waals surface area contributed by atoms with Gasteiger partial charge in [0.2, 0.25) is 0 Å². The number of rotatable bonds is 2. The number of fused-ring (bicyclic) bond motifs is 1. The molecule has 3 nitrogen and oxygen atoms in total. The highest BCUT2D eigenvalue weighted by Gasteiger charge is 2.13. The maximum atomic E-state index is 13.1. The molecule has 3 rings (SSSR count). The smallest absolute Gasteiger partial charge is 0.336 e. The van der Waals surface area contributed by atoms with Crippen LogP contribution in [0.15, 0.2) is 57.7 Å². The predicted molar refractivity (Wildman–Crippen MR) is 74.4 cm³/mol. The minimum atomic E-state index is -0.436. The zero-order valence-electron chi connectivity index (χ0n) is 10.7. The van der Waals surface area contributed by atoms with Crippen molar-refractivity contribution in [3.8, 4) is 16.9 Å². The van der Waals surface area contributed by atoms with E-state index < -0.39 is 5.63 Å². The second kappa shape index (κ2) is 4.81. The molecule has 0 aliphatic heterocycles. The van der Waals surface area contributed by atoms with Crippen LogP contribution in [0.3, 0.4) is 0 Å². The molecule has 0 saturated carbocycles. The largest absolute Gasteiger partial charge is 0.496 e. The standard InChI is InChI=1S/C16H11FO3/c1-19-13-8-4-11-5-9-14(18)20-16(11)15(13)10-2-6-12(17)7-3-10/h2-9H,1H3. The van der Waals surface area contributed by atoms with E-state index in [1.54, 1.807) is 24.3 Å². The molecule has 0 N–H and O–H groups in total. The molecule has 4 heteroatoms. The van der Waals surface area contributed by atoms with Crippen molar-refractivity contribution >= 4 is 11.0 Å². The summed E-state index contributed by atoms with van der Waals surface area (Å²) in [4.78, 5) is 11.5. The van der Waals surface area contributed by atoms with Gasteiger partial charge in [-0.1, -0.05) is 12.1 Å². The van der Waals surface area contributed by atoms with Gasteiger partial charge in [0.05, 0.1) is 12.7 Å². The van der Waals surface area contributed by atoms with Crippen LogP contribution in [-0.4, -0.2) is 7.11 Å². The third-order valence-corrected chi connectivity index (χ3v) is 3.10. The van der Waals surface area contributed by atoms with Crippen LogP contribution in [0.2, 0.25) is 0 Å². The molecule has 0 amide bonds. The lowest BCUT2D eigenvalue weighted by molar-refractivity contribution is 0.416. The van der Waals surface area contributed by atoms with Gasteiger partial charge in [0.25, 0.3) is 0 Å². The number of hydrogen-bond donors (Lipinski definition) is 0. The van der Waals surface area contributed by atoms with E-state index >= 15 is 0 Å². The van der Waals surface area contributed by atoms with Crippen LogP contribution in [0.5, 0.6) is 5.75 Å². The molecule has 3 aromatic rings. The SMILES string of the molecule is COc1ccc2ccc(=O)oc2c1-c1ccc(F)cc1. The first kappa shape index (κ1) is 12.4. The maximum absolute atomic E-state index is 13.1. The van der Waals surface area contributed by atoms with Crippen LogP contribution in [0, 0.1) is 5.82 Å². The van der Waals surface area contributed by atoms with Crippen molar-refractivity contribution in [2.45, 2.75) is 0 Å². The fourth-order valence-electron chi connectivity index (χ4n) is 2.17. The van der Waals surface area contributed by atoms with Gasteiger partial charge in [-0.15, -0.1) is 0 Å². The average molecular weight is 270 g/mol. The Labute approximate surface area is 114 Å². The van der Waals surface area contributed by atoms with Gasteiger partial charge in [-0.25, -0.2) is 9.18 Å². The zero-order valence-corrected chi connectivity index (χ0v) is 10.7. The summed E-state index contributed by atoms with van der Waals surface area (Å²) < 4.78 is 23.7. The molecular formula is C16H11FO3. The molecule has 0 radical (unpaired) electrons. The lowest BCUT2D eigenvalue weighted by Gasteiger charge is -2.10. The zero-order chi connectivity index (χ0) is 14.1. The second-order valence-corrected chi connectivity index (χ2v) is 4.32. The fourth-order valence-corrected chi connectivity index (χ4v) is 2.17.